The van der Waals surface area contributed by atoms with E-state index in [1.807, 2.05) is 48.5 Å². The second kappa shape index (κ2) is 10.0. The predicted molar refractivity (Wildman–Crippen MR) is 137 cm³/mol. The number of fused-ring (bicyclic) bond motifs is 3. The summed E-state index contributed by atoms with van der Waals surface area (Å²) in [6, 6.07) is 21.1. The Kier molecular flexibility index (Phi) is 6.67. The van der Waals surface area contributed by atoms with Crippen LogP contribution in [0.25, 0.3) is 33.1 Å². The predicted octanol–water partition coefficient (Wildman–Crippen LogP) is 6.19. The van der Waals surface area contributed by atoms with E-state index >= 15 is 0 Å². The summed E-state index contributed by atoms with van der Waals surface area (Å²) in [5, 5.41) is 13.5. The zero-order valence-corrected chi connectivity index (χ0v) is 20.1. The van der Waals surface area contributed by atoms with E-state index in [9.17, 15) is 4.79 Å². The lowest BCUT2D eigenvalue weighted by molar-refractivity contribution is 0.189. The van der Waals surface area contributed by atoms with Crippen molar-refractivity contribution in [2.45, 2.75) is 23.9 Å². The van der Waals surface area contributed by atoms with Gasteiger partial charge in [-0.3, -0.25) is 0 Å². The van der Waals surface area contributed by atoms with Gasteiger partial charge in [0.25, 0.3) is 0 Å². The third kappa shape index (κ3) is 4.59. The topological polar surface area (TPSA) is 70.2 Å². The number of nitrogens with zero attached hydrogens (tertiary/aromatic N) is 3. The third-order valence-corrected chi connectivity index (χ3v) is 6.89. The molecule has 8 heteroatoms. The highest BCUT2D eigenvalue weighted by Crippen LogP contribution is 2.32. The lowest BCUT2D eigenvalue weighted by Crippen LogP contribution is -2.06. The van der Waals surface area contributed by atoms with Crippen molar-refractivity contribution in [1.82, 2.24) is 14.8 Å². The molecule has 0 aliphatic carbocycles. The molecular weight excluding hydrogens is 470 g/mol. The minimum atomic E-state index is -0.359. The highest BCUT2D eigenvalue weighted by molar-refractivity contribution is 7.98. The summed E-state index contributed by atoms with van der Waals surface area (Å²) in [5.41, 5.74) is 2.08. The molecule has 0 unspecified atom stereocenters. The summed E-state index contributed by atoms with van der Waals surface area (Å²) in [7, 11) is 1.69. The van der Waals surface area contributed by atoms with Gasteiger partial charge in [0.05, 0.1) is 0 Å². The Morgan fingerprint density at radius 3 is 2.71 bits per heavy atom. The summed E-state index contributed by atoms with van der Waals surface area (Å²) in [6.45, 7) is 1.35. The average molecular weight is 492 g/mol. The van der Waals surface area contributed by atoms with Gasteiger partial charge in [-0.1, -0.05) is 53.7 Å². The highest BCUT2D eigenvalue weighted by atomic mass is 35.5. The van der Waals surface area contributed by atoms with Crippen molar-refractivity contribution in [3.05, 3.63) is 87.7 Å². The molecule has 6 nitrogen and oxygen atoms in total. The van der Waals surface area contributed by atoms with Gasteiger partial charge in [0.15, 0.2) is 11.0 Å². The molecule has 0 radical (unpaired) electrons. The van der Waals surface area contributed by atoms with E-state index in [0.717, 1.165) is 44.7 Å². The number of hydrogen-bond donors (Lipinski definition) is 0. The summed E-state index contributed by atoms with van der Waals surface area (Å²) in [4.78, 5) is 12.3. The Labute approximate surface area is 205 Å². The molecule has 0 bridgehead atoms. The Bertz CT molecular complexity index is 1510. The summed E-state index contributed by atoms with van der Waals surface area (Å²) in [5.74, 6) is 1.33. The van der Waals surface area contributed by atoms with Crippen LogP contribution < -0.4 is 5.63 Å². The van der Waals surface area contributed by atoms with Crippen molar-refractivity contribution < 1.29 is 9.15 Å². The van der Waals surface area contributed by atoms with Crippen molar-refractivity contribution in [3.63, 3.8) is 0 Å². The zero-order chi connectivity index (χ0) is 23.5. The van der Waals surface area contributed by atoms with Crippen LogP contribution in [0.3, 0.4) is 0 Å². The second-order valence-corrected chi connectivity index (χ2v) is 9.23. The Morgan fingerprint density at radius 1 is 1.06 bits per heavy atom. The fraction of sp³-hybridized carbons (Fsp3) is 0.192. The van der Waals surface area contributed by atoms with E-state index in [-0.39, 0.29) is 5.63 Å². The molecule has 172 valence electrons. The number of hydrogen-bond acceptors (Lipinski definition) is 6. The number of halogens is 1. The quantitative estimate of drug-likeness (QED) is 0.112. The standard InChI is InChI=1S/C26H22ClN3O3S/c1-32-14-4-13-30-25(18-7-10-20(27)11-8-18)28-29-26(30)34-16-19-15-23(31)33-22-12-9-17-5-2-3-6-21(17)24(19)22/h2-3,5-12,15H,4,13-14,16H2,1H3. The van der Waals surface area contributed by atoms with Crippen LogP contribution in [0.1, 0.15) is 12.0 Å². The molecule has 0 fully saturated rings. The lowest BCUT2D eigenvalue weighted by Gasteiger charge is -2.11. The molecule has 5 rings (SSSR count). The van der Waals surface area contributed by atoms with Crippen LogP contribution in [0.4, 0.5) is 0 Å². The number of methoxy groups -OCH3 is 1. The van der Waals surface area contributed by atoms with Gasteiger partial charge in [0.1, 0.15) is 5.58 Å². The first kappa shape index (κ1) is 22.7. The molecule has 0 N–H and O–H groups in total. The summed E-state index contributed by atoms with van der Waals surface area (Å²) in [6.07, 6.45) is 0.825. The van der Waals surface area contributed by atoms with Crippen LogP contribution in [0.5, 0.6) is 0 Å². The molecule has 0 spiro atoms. The number of benzene rings is 3. The van der Waals surface area contributed by atoms with Gasteiger partial charge in [0.2, 0.25) is 0 Å². The maximum Gasteiger partial charge on any atom is 0.336 e. The van der Waals surface area contributed by atoms with E-state index in [2.05, 4.69) is 26.9 Å². The number of thioether (sulfide) groups is 1. The molecule has 2 aromatic heterocycles. The van der Waals surface area contributed by atoms with E-state index in [0.29, 0.717) is 29.5 Å². The molecule has 5 aromatic rings. The van der Waals surface area contributed by atoms with Crippen molar-refractivity contribution in [2.75, 3.05) is 13.7 Å². The Balaban J connectivity index is 1.52. The summed E-state index contributed by atoms with van der Waals surface area (Å²) < 4.78 is 12.8. The highest BCUT2D eigenvalue weighted by Gasteiger charge is 2.16. The molecule has 0 aliphatic rings. The van der Waals surface area contributed by atoms with E-state index in [1.54, 1.807) is 24.9 Å². The largest absolute Gasteiger partial charge is 0.423 e. The monoisotopic (exact) mass is 491 g/mol. The molecule has 0 amide bonds. The van der Waals surface area contributed by atoms with Gasteiger partial charge in [0, 0.05) is 48.1 Å². The minimum Gasteiger partial charge on any atom is -0.423 e. The van der Waals surface area contributed by atoms with E-state index < -0.39 is 0 Å². The Hall–Kier alpha value is -3.13. The van der Waals surface area contributed by atoms with Gasteiger partial charge < -0.3 is 13.7 Å². The van der Waals surface area contributed by atoms with Gasteiger partial charge in [-0.05, 0) is 53.1 Å². The van der Waals surface area contributed by atoms with Crippen LogP contribution in [-0.4, -0.2) is 28.5 Å². The fourth-order valence-corrected chi connectivity index (χ4v) is 5.12. The van der Waals surface area contributed by atoms with Crippen molar-refractivity contribution in [3.8, 4) is 11.4 Å². The molecular formula is C26H22ClN3O3S. The van der Waals surface area contributed by atoms with Crippen LogP contribution in [0.2, 0.25) is 5.02 Å². The van der Waals surface area contributed by atoms with Gasteiger partial charge in [-0.25, -0.2) is 4.79 Å². The van der Waals surface area contributed by atoms with E-state index in [4.69, 9.17) is 20.8 Å². The van der Waals surface area contributed by atoms with Crippen molar-refractivity contribution in [1.29, 1.82) is 0 Å². The van der Waals surface area contributed by atoms with Gasteiger partial charge in [-0.15, -0.1) is 10.2 Å². The van der Waals surface area contributed by atoms with Crippen molar-refractivity contribution in [2.24, 2.45) is 0 Å². The molecule has 0 aliphatic heterocycles. The van der Waals surface area contributed by atoms with Crippen LogP contribution in [0.15, 0.2) is 81.1 Å². The number of rotatable bonds is 8. The smallest absolute Gasteiger partial charge is 0.336 e. The maximum atomic E-state index is 12.3. The molecule has 34 heavy (non-hydrogen) atoms. The molecule has 0 atom stereocenters. The van der Waals surface area contributed by atoms with E-state index in [1.165, 1.54) is 0 Å². The Morgan fingerprint density at radius 2 is 1.88 bits per heavy atom. The van der Waals surface area contributed by atoms with Gasteiger partial charge in [-0.2, -0.15) is 0 Å². The molecule has 2 heterocycles. The normalized spacial score (nSPS) is 11.5. The minimum absolute atomic E-state index is 0.359. The second-order valence-electron chi connectivity index (χ2n) is 7.85. The SMILES string of the molecule is COCCCn1c(SCc2cc(=O)oc3ccc4ccccc4c23)nnc1-c1ccc(Cl)cc1. The van der Waals surface area contributed by atoms with Crippen LogP contribution in [0, 0.1) is 0 Å². The van der Waals surface area contributed by atoms with Gasteiger partial charge >= 0.3 is 5.63 Å². The first-order chi connectivity index (χ1) is 16.6. The maximum absolute atomic E-state index is 12.3. The third-order valence-electron chi connectivity index (χ3n) is 5.62. The summed E-state index contributed by atoms with van der Waals surface area (Å²) >= 11 is 7.62. The molecule has 0 saturated heterocycles. The molecule has 3 aromatic carbocycles. The zero-order valence-electron chi connectivity index (χ0n) is 18.5. The number of aromatic nitrogens is 3. The van der Waals surface area contributed by atoms with Crippen LogP contribution >= 0.6 is 23.4 Å². The fourth-order valence-electron chi connectivity index (χ4n) is 4.05. The number of ether oxygens (including phenoxy) is 1. The van der Waals surface area contributed by atoms with Crippen LogP contribution in [-0.2, 0) is 17.0 Å². The first-order valence-corrected chi connectivity index (χ1v) is 12.3. The lowest BCUT2D eigenvalue weighted by atomic mass is 10.0. The molecule has 0 saturated carbocycles. The average Bonchev–Trinajstić information content (AvgIpc) is 3.25. The van der Waals surface area contributed by atoms with Crippen molar-refractivity contribution >= 4 is 45.1 Å². The first-order valence-electron chi connectivity index (χ1n) is 10.9.